The van der Waals surface area contributed by atoms with E-state index in [9.17, 15) is 8.78 Å². The Labute approximate surface area is 127 Å². The van der Waals surface area contributed by atoms with Crippen LogP contribution in [0.5, 0.6) is 0 Å². The lowest BCUT2D eigenvalue weighted by Crippen LogP contribution is -2.24. The highest BCUT2D eigenvalue weighted by Gasteiger charge is 2.14. The van der Waals surface area contributed by atoms with Crippen LogP contribution in [0.4, 0.5) is 8.78 Å². The topological polar surface area (TPSA) is 37.8 Å². The molecule has 1 N–H and O–H groups in total. The van der Waals surface area contributed by atoms with Gasteiger partial charge in [0, 0.05) is 0 Å². The summed E-state index contributed by atoms with van der Waals surface area (Å²) >= 11 is 0. The van der Waals surface area contributed by atoms with E-state index in [0.717, 1.165) is 11.8 Å². The number of aromatic nitrogens is 2. The number of hydrogen-bond donors (Lipinski definition) is 1. The smallest absolute Gasteiger partial charge is 0.189 e. The van der Waals surface area contributed by atoms with Gasteiger partial charge in [0.2, 0.25) is 0 Å². The van der Waals surface area contributed by atoms with Crippen LogP contribution in [-0.4, -0.2) is 16.3 Å². The molecule has 0 spiro atoms. The number of nitrogens with zero attached hydrogens (tertiary/aromatic N) is 2. The molecule has 1 atom stereocenters. The summed E-state index contributed by atoms with van der Waals surface area (Å²) < 4.78 is 27.2. The van der Waals surface area contributed by atoms with E-state index in [1.54, 1.807) is 12.2 Å². The molecule has 22 heavy (non-hydrogen) atoms. The SMILES string of the molecule is Fc1cnc(C2=CC=CC(F)N2)nc1CCc1ccccc1. The molecule has 0 amide bonds. The fraction of sp³-hybridized carbons (Fsp3) is 0.176. The maximum absolute atomic E-state index is 13.9. The predicted octanol–water partition coefficient (Wildman–Crippen LogP) is 3.20. The minimum atomic E-state index is -1.28. The van der Waals surface area contributed by atoms with Crippen LogP contribution in [-0.2, 0) is 12.8 Å². The van der Waals surface area contributed by atoms with Gasteiger partial charge in [-0.15, -0.1) is 0 Å². The first-order valence-electron chi connectivity index (χ1n) is 7.07. The molecule has 0 bridgehead atoms. The normalized spacial score (nSPS) is 17.0. The Morgan fingerprint density at radius 3 is 2.73 bits per heavy atom. The molecule has 1 unspecified atom stereocenters. The Morgan fingerprint density at radius 2 is 1.95 bits per heavy atom. The first kappa shape index (κ1) is 14.4. The molecule has 1 aromatic heterocycles. The number of hydrogen-bond acceptors (Lipinski definition) is 3. The molecule has 0 fully saturated rings. The van der Waals surface area contributed by atoms with Crippen molar-refractivity contribution in [2.24, 2.45) is 0 Å². The van der Waals surface area contributed by atoms with E-state index in [-0.39, 0.29) is 0 Å². The number of rotatable bonds is 4. The second-order valence-electron chi connectivity index (χ2n) is 4.99. The second kappa shape index (κ2) is 6.47. The highest BCUT2D eigenvalue weighted by atomic mass is 19.1. The number of halogens is 2. The van der Waals surface area contributed by atoms with Crippen LogP contribution in [0, 0.1) is 5.82 Å². The van der Waals surface area contributed by atoms with E-state index in [0.29, 0.717) is 30.1 Å². The van der Waals surface area contributed by atoms with Crippen molar-refractivity contribution < 1.29 is 8.78 Å². The average Bonchev–Trinajstić information content (AvgIpc) is 2.55. The molecule has 0 aliphatic carbocycles. The predicted molar refractivity (Wildman–Crippen MR) is 81.0 cm³/mol. The Balaban J connectivity index is 1.78. The molecule has 0 saturated heterocycles. The molecule has 2 heterocycles. The van der Waals surface area contributed by atoms with Crippen molar-refractivity contribution in [3.8, 4) is 0 Å². The van der Waals surface area contributed by atoms with Crippen molar-refractivity contribution in [1.82, 2.24) is 15.3 Å². The van der Waals surface area contributed by atoms with E-state index in [2.05, 4.69) is 15.3 Å². The molecule has 3 rings (SSSR count). The van der Waals surface area contributed by atoms with Gasteiger partial charge < -0.3 is 5.32 Å². The number of aryl methyl sites for hydroxylation is 2. The van der Waals surface area contributed by atoms with Crippen LogP contribution in [0.1, 0.15) is 17.1 Å². The van der Waals surface area contributed by atoms with Gasteiger partial charge in [0.1, 0.15) is 0 Å². The third-order valence-electron chi connectivity index (χ3n) is 3.39. The van der Waals surface area contributed by atoms with Gasteiger partial charge in [0.25, 0.3) is 0 Å². The zero-order valence-corrected chi connectivity index (χ0v) is 11.8. The highest BCUT2D eigenvalue weighted by molar-refractivity contribution is 5.61. The van der Waals surface area contributed by atoms with Crippen LogP contribution in [0.25, 0.3) is 5.70 Å². The Bertz CT molecular complexity index is 711. The number of dihydropyridines is 1. The van der Waals surface area contributed by atoms with Gasteiger partial charge in [-0.25, -0.2) is 18.7 Å². The van der Waals surface area contributed by atoms with Crippen LogP contribution in [0.2, 0.25) is 0 Å². The van der Waals surface area contributed by atoms with Crippen LogP contribution >= 0.6 is 0 Å². The summed E-state index contributed by atoms with van der Waals surface area (Å²) in [7, 11) is 0. The number of alkyl halides is 1. The fourth-order valence-electron chi connectivity index (χ4n) is 2.25. The summed E-state index contributed by atoms with van der Waals surface area (Å²) in [6, 6.07) is 9.81. The number of nitrogens with one attached hydrogen (secondary N) is 1. The van der Waals surface area contributed by atoms with Crippen LogP contribution in [0.3, 0.4) is 0 Å². The minimum Gasteiger partial charge on any atom is -0.350 e. The van der Waals surface area contributed by atoms with Crippen molar-refractivity contribution in [2.45, 2.75) is 19.1 Å². The summed E-state index contributed by atoms with van der Waals surface area (Å²) in [4.78, 5) is 8.16. The largest absolute Gasteiger partial charge is 0.350 e. The molecular weight excluding hydrogens is 284 g/mol. The zero-order valence-electron chi connectivity index (χ0n) is 11.8. The van der Waals surface area contributed by atoms with Gasteiger partial charge in [-0.3, -0.25) is 0 Å². The number of allylic oxidation sites excluding steroid dienone is 2. The monoisotopic (exact) mass is 299 g/mol. The van der Waals surface area contributed by atoms with Gasteiger partial charge in [0.05, 0.1) is 17.6 Å². The molecule has 112 valence electrons. The van der Waals surface area contributed by atoms with E-state index in [1.807, 2.05) is 30.3 Å². The molecule has 3 nitrogen and oxygen atoms in total. The Hall–Kier alpha value is -2.56. The van der Waals surface area contributed by atoms with Gasteiger partial charge >= 0.3 is 0 Å². The fourth-order valence-corrected chi connectivity index (χ4v) is 2.25. The van der Waals surface area contributed by atoms with Crippen LogP contribution < -0.4 is 5.32 Å². The highest BCUT2D eigenvalue weighted by Crippen LogP contribution is 2.15. The lowest BCUT2D eigenvalue weighted by Gasteiger charge is -2.15. The standard InChI is InChI=1S/C17H15F2N3/c18-13-11-20-17(15-7-4-8-16(19)21-15)22-14(13)10-9-12-5-2-1-3-6-12/h1-8,11,16,21H,9-10H2. The van der Waals surface area contributed by atoms with Crippen molar-refractivity contribution in [1.29, 1.82) is 0 Å². The number of benzene rings is 1. The van der Waals surface area contributed by atoms with Crippen LogP contribution in [0.15, 0.2) is 54.8 Å². The molecule has 1 aliphatic rings. The first-order chi connectivity index (χ1) is 10.7. The third-order valence-corrected chi connectivity index (χ3v) is 3.39. The molecule has 2 aromatic rings. The first-order valence-corrected chi connectivity index (χ1v) is 7.07. The molecule has 1 aromatic carbocycles. The summed E-state index contributed by atoms with van der Waals surface area (Å²) in [5, 5.41) is 2.61. The summed E-state index contributed by atoms with van der Waals surface area (Å²) in [5.74, 6) is -0.139. The molecule has 0 saturated carbocycles. The lowest BCUT2D eigenvalue weighted by molar-refractivity contribution is 0.369. The molecule has 1 aliphatic heterocycles. The molecule has 0 radical (unpaired) electrons. The quantitative estimate of drug-likeness (QED) is 0.881. The van der Waals surface area contributed by atoms with E-state index in [1.165, 1.54) is 6.08 Å². The zero-order chi connectivity index (χ0) is 15.4. The van der Waals surface area contributed by atoms with Crippen molar-refractivity contribution in [3.63, 3.8) is 0 Å². The molecular formula is C17H15F2N3. The summed E-state index contributed by atoms with van der Waals surface area (Å²) in [5.41, 5.74) is 1.90. The molecule has 5 heteroatoms. The van der Waals surface area contributed by atoms with Gasteiger partial charge in [0.15, 0.2) is 17.9 Å². The lowest BCUT2D eigenvalue weighted by atomic mass is 10.1. The maximum Gasteiger partial charge on any atom is 0.189 e. The Kier molecular flexibility index (Phi) is 4.23. The van der Waals surface area contributed by atoms with Crippen molar-refractivity contribution in [2.75, 3.05) is 0 Å². The van der Waals surface area contributed by atoms with Gasteiger partial charge in [-0.2, -0.15) is 0 Å². The Morgan fingerprint density at radius 1 is 1.14 bits per heavy atom. The van der Waals surface area contributed by atoms with E-state index >= 15 is 0 Å². The van der Waals surface area contributed by atoms with E-state index in [4.69, 9.17) is 0 Å². The van der Waals surface area contributed by atoms with Crippen molar-refractivity contribution in [3.05, 3.63) is 77.7 Å². The minimum absolute atomic E-state index is 0.302. The average molecular weight is 299 g/mol. The second-order valence-corrected chi connectivity index (χ2v) is 4.99. The maximum atomic E-state index is 13.9. The van der Waals surface area contributed by atoms with E-state index < -0.39 is 12.1 Å². The summed E-state index contributed by atoms with van der Waals surface area (Å²) in [6.07, 6.45) is 5.65. The van der Waals surface area contributed by atoms with Gasteiger partial charge in [-0.1, -0.05) is 36.4 Å². The van der Waals surface area contributed by atoms with Gasteiger partial charge in [-0.05, 0) is 30.6 Å². The van der Waals surface area contributed by atoms with Crippen molar-refractivity contribution >= 4 is 5.70 Å². The third kappa shape index (κ3) is 3.36. The summed E-state index contributed by atoms with van der Waals surface area (Å²) in [6.45, 7) is 0.